The van der Waals surface area contributed by atoms with Crippen LogP contribution in [0.2, 0.25) is 0 Å². The van der Waals surface area contributed by atoms with Crippen LogP contribution in [0.1, 0.15) is 70.6 Å². The Bertz CT molecular complexity index is 1090. The number of hydrogen-bond acceptors (Lipinski definition) is 4. The molecule has 2 aromatic rings. The normalized spacial score (nSPS) is 23.3. The summed E-state index contributed by atoms with van der Waals surface area (Å²) in [6.07, 6.45) is 8.31. The number of hydrogen-bond donors (Lipinski definition) is 3. The van der Waals surface area contributed by atoms with Crippen molar-refractivity contribution in [3.8, 4) is 0 Å². The Labute approximate surface area is 197 Å². The van der Waals surface area contributed by atoms with Gasteiger partial charge in [-0.2, -0.15) is 5.10 Å². The van der Waals surface area contributed by atoms with Gasteiger partial charge in [0.15, 0.2) is 5.82 Å². The van der Waals surface area contributed by atoms with E-state index in [1.54, 1.807) is 6.07 Å². The molecule has 0 amide bonds. The number of ether oxygens (including phenoxy) is 1. The second-order valence-electron chi connectivity index (χ2n) is 9.03. The molecule has 33 heavy (non-hydrogen) atoms. The first-order valence-corrected chi connectivity index (χ1v) is 12.9. The molecule has 1 fully saturated rings. The summed E-state index contributed by atoms with van der Waals surface area (Å²) in [6, 6.07) is 5.00. The molecule has 2 heterocycles. The van der Waals surface area contributed by atoms with Gasteiger partial charge in [0.05, 0.1) is 10.6 Å². The van der Waals surface area contributed by atoms with Gasteiger partial charge in [-0.3, -0.25) is 5.10 Å². The van der Waals surface area contributed by atoms with E-state index >= 15 is 0 Å². The minimum atomic E-state index is -1.33. The van der Waals surface area contributed by atoms with Gasteiger partial charge in [-0.05, 0) is 62.5 Å². The lowest BCUT2D eigenvalue weighted by Crippen LogP contribution is -2.07. The largest absolute Gasteiger partial charge is 0.466 e. The summed E-state index contributed by atoms with van der Waals surface area (Å²) in [6.45, 7) is 8.92. The maximum absolute atomic E-state index is 14.5. The molecule has 8 heteroatoms. The van der Waals surface area contributed by atoms with Gasteiger partial charge >= 0.3 is 0 Å². The van der Waals surface area contributed by atoms with Gasteiger partial charge in [0, 0.05) is 36.1 Å². The Balaban J connectivity index is 1.43. The summed E-state index contributed by atoms with van der Waals surface area (Å²) >= 11 is 0. The van der Waals surface area contributed by atoms with Gasteiger partial charge in [-0.25, -0.2) is 13.3 Å². The van der Waals surface area contributed by atoms with Crippen molar-refractivity contribution in [3.63, 3.8) is 0 Å². The van der Waals surface area contributed by atoms with Gasteiger partial charge in [0.25, 0.3) is 0 Å². The molecule has 1 saturated carbocycles. The minimum absolute atomic E-state index is 0.339. The van der Waals surface area contributed by atoms with E-state index in [4.69, 9.17) is 4.74 Å². The first-order valence-electron chi connectivity index (χ1n) is 11.7. The molecular weight excluding hydrogens is 439 g/mol. The topological polar surface area (TPSA) is 79.0 Å². The quantitative estimate of drug-likeness (QED) is 0.401. The number of anilines is 2. The van der Waals surface area contributed by atoms with Crippen LogP contribution >= 0.6 is 0 Å². The summed E-state index contributed by atoms with van der Waals surface area (Å²) in [4.78, 5) is 0.509. The number of aromatic amines is 1. The highest BCUT2D eigenvalue weighted by molar-refractivity contribution is 7.83. The van der Waals surface area contributed by atoms with Crippen LogP contribution in [0.4, 0.5) is 15.9 Å². The predicted octanol–water partition coefficient (Wildman–Crippen LogP) is 6.17. The Hall–Kier alpha value is -2.45. The molecule has 1 aromatic carbocycles. The molecule has 1 aliphatic heterocycles. The standard InChI is InChI=1S/C25H33FN4O2S/c1-5-7-23(32-22(6-2)15(3)4)17-9-8-16(10-17)20-13-25(30-29-20)28-21-11-18-14-27-33(31)24(18)12-19(21)26/h6-7,11-13,15-17,27H,5,8-10,14H2,1-4H3,(H2,28,29,30)/b22-6-,23-7+. The summed E-state index contributed by atoms with van der Waals surface area (Å²) in [7, 11) is -1.33. The van der Waals surface area contributed by atoms with E-state index in [1.807, 2.05) is 13.0 Å². The minimum Gasteiger partial charge on any atom is -0.466 e. The highest BCUT2D eigenvalue weighted by Crippen LogP contribution is 2.43. The number of H-pyrrole nitrogens is 1. The SMILES string of the molecule is C/C=C(\O/C(=C/CC)C1CCC(c2cc(Nc3cc4c(cc3F)S(=O)NC4)n[nH]2)C1)C(C)C. The molecule has 0 spiro atoms. The Morgan fingerprint density at radius 1 is 1.36 bits per heavy atom. The first-order chi connectivity index (χ1) is 15.9. The molecule has 178 valence electrons. The van der Waals surface area contributed by atoms with Crippen LogP contribution in [0, 0.1) is 17.7 Å². The molecule has 6 nitrogen and oxygen atoms in total. The lowest BCUT2D eigenvalue weighted by Gasteiger charge is -2.20. The molecule has 0 radical (unpaired) electrons. The lowest BCUT2D eigenvalue weighted by atomic mass is 9.99. The monoisotopic (exact) mass is 472 g/mol. The maximum Gasteiger partial charge on any atom is 0.152 e. The number of rotatable bonds is 8. The zero-order valence-electron chi connectivity index (χ0n) is 19.7. The Morgan fingerprint density at radius 2 is 2.18 bits per heavy atom. The van der Waals surface area contributed by atoms with Crippen molar-refractivity contribution in [1.29, 1.82) is 0 Å². The summed E-state index contributed by atoms with van der Waals surface area (Å²) in [5, 5.41) is 10.6. The van der Waals surface area contributed by atoms with E-state index in [-0.39, 0.29) is 0 Å². The third kappa shape index (κ3) is 5.22. The molecule has 0 bridgehead atoms. The number of aromatic nitrogens is 2. The summed E-state index contributed by atoms with van der Waals surface area (Å²) in [5.74, 6) is 3.32. The summed E-state index contributed by atoms with van der Waals surface area (Å²) in [5.41, 5.74) is 2.23. The Morgan fingerprint density at radius 3 is 2.91 bits per heavy atom. The molecule has 1 aromatic heterocycles. The highest BCUT2D eigenvalue weighted by Gasteiger charge is 2.31. The van der Waals surface area contributed by atoms with Gasteiger partial charge in [-0.1, -0.05) is 20.8 Å². The van der Waals surface area contributed by atoms with Crippen LogP contribution in [0.25, 0.3) is 0 Å². The van der Waals surface area contributed by atoms with E-state index in [0.717, 1.165) is 48.5 Å². The molecule has 0 saturated heterocycles. The van der Waals surface area contributed by atoms with Gasteiger partial charge in [-0.15, -0.1) is 0 Å². The van der Waals surface area contributed by atoms with Crippen molar-refractivity contribution in [2.24, 2.45) is 11.8 Å². The van der Waals surface area contributed by atoms with Gasteiger partial charge in [0.2, 0.25) is 0 Å². The van der Waals surface area contributed by atoms with Crippen LogP contribution in [0.15, 0.2) is 46.8 Å². The van der Waals surface area contributed by atoms with Gasteiger partial charge < -0.3 is 10.1 Å². The van der Waals surface area contributed by atoms with Crippen molar-refractivity contribution in [2.75, 3.05) is 5.32 Å². The maximum atomic E-state index is 14.5. The second-order valence-corrected chi connectivity index (χ2v) is 10.3. The number of halogens is 1. The van der Waals surface area contributed by atoms with E-state index in [9.17, 15) is 8.60 Å². The van der Waals surface area contributed by atoms with E-state index < -0.39 is 16.8 Å². The van der Waals surface area contributed by atoms with Gasteiger partial charge in [0.1, 0.15) is 28.3 Å². The number of nitrogens with one attached hydrogen (secondary N) is 3. The van der Waals surface area contributed by atoms with E-state index in [2.05, 4.69) is 53.2 Å². The molecular formula is C25H33FN4O2S. The smallest absolute Gasteiger partial charge is 0.152 e. The zero-order chi connectivity index (χ0) is 23.5. The van der Waals surface area contributed by atoms with Crippen LogP contribution in [0.5, 0.6) is 0 Å². The Kier molecular flexibility index (Phi) is 7.34. The molecule has 3 atom stereocenters. The van der Waals surface area contributed by atoms with Crippen molar-refractivity contribution in [1.82, 2.24) is 14.9 Å². The van der Waals surface area contributed by atoms with Crippen molar-refractivity contribution < 1.29 is 13.3 Å². The molecule has 4 rings (SSSR count). The molecule has 1 aliphatic carbocycles. The van der Waals surface area contributed by atoms with E-state index in [1.165, 1.54) is 6.07 Å². The fraction of sp³-hybridized carbons (Fsp3) is 0.480. The number of allylic oxidation sites excluding steroid dienone is 4. The lowest BCUT2D eigenvalue weighted by molar-refractivity contribution is 0.223. The van der Waals surface area contributed by atoms with Crippen LogP contribution in [-0.2, 0) is 22.3 Å². The fourth-order valence-electron chi connectivity index (χ4n) is 4.64. The zero-order valence-corrected chi connectivity index (χ0v) is 20.5. The number of fused-ring (bicyclic) bond motifs is 1. The third-order valence-electron chi connectivity index (χ3n) is 6.37. The van der Waals surface area contributed by atoms with Crippen molar-refractivity contribution >= 4 is 22.5 Å². The van der Waals surface area contributed by atoms with Crippen LogP contribution < -0.4 is 10.0 Å². The molecule has 3 unspecified atom stereocenters. The van der Waals surface area contributed by atoms with E-state index in [0.29, 0.717) is 40.7 Å². The predicted molar refractivity (Wildman–Crippen MR) is 130 cm³/mol. The van der Waals surface area contributed by atoms with Crippen LogP contribution in [-0.4, -0.2) is 14.4 Å². The average Bonchev–Trinajstić information content (AvgIpc) is 3.52. The fourth-order valence-corrected chi connectivity index (χ4v) is 5.66. The third-order valence-corrected chi connectivity index (χ3v) is 7.56. The number of nitrogens with zero attached hydrogens (tertiary/aromatic N) is 1. The van der Waals surface area contributed by atoms with Crippen molar-refractivity contribution in [3.05, 3.63) is 58.9 Å². The van der Waals surface area contributed by atoms with Crippen molar-refractivity contribution in [2.45, 2.75) is 70.7 Å². The summed E-state index contributed by atoms with van der Waals surface area (Å²) < 4.78 is 35.5. The number of benzene rings is 1. The highest BCUT2D eigenvalue weighted by atomic mass is 32.2. The second kappa shape index (κ2) is 10.2. The molecule has 3 N–H and O–H groups in total. The van der Waals surface area contributed by atoms with Crippen LogP contribution in [0.3, 0.4) is 0 Å². The average molecular weight is 473 g/mol. The molecule has 2 aliphatic rings. The first kappa shape index (κ1) is 23.7.